The lowest BCUT2D eigenvalue weighted by atomic mass is 10.0. The lowest BCUT2D eigenvalue weighted by molar-refractivity contribution is -0.158. The number of benzene rings is 1. The Balaban J connectivity index is 2.61. The molecule has 0 aliphatic rings. The highest BCUT2D eigenvalue weighted by Crippen LogP contribution is 2.39. The maximum atomic E-state index is 13.0. The van der Waals surface area contributed by atoms with Gasteiger partial charge in [-0.15, -0.1) is 0 Å². The summed E-state index contributed by atoms with van der Waals surface area (Å²) < 4.78 is 80.2. The van der Waals surface area contributed by atoms with Crippen LogP contribution in [0.2, 0.25) is 0 Å². The molecule has 0 saturated heterocycles. The van der Waals surface area contributed by atoms with E-state index in [2.05, 4.69) is 14.7 Å². The molecule has 0 aliphatic heterocycles. The zero-order chi connectivity index (χ0) is 19.7. The van der Waals surface area contributed by atoms with Crippen LogP contribution in [-0.4, -0.2) is 22.8 Å². The quantitative estimate of drug-likeness (QED) is 0.795. The van der Waals surface area contributed by atoms with Gasteiger partial charge in [0.25, 0.3) is 0 Å². The third-order valence-electron chi connectivity index (χ3n) is 3.02. The van der Waals surface area contributed by atoms with E-state index in [9.17, 15) is 26.3 Å². The molecule has 138 valence electrons. The number of anilines is 2. The van der Waals surface area contributed by atoms with Crippen LogP contribution in [0.15, 0.2) is 18.2 Å². The molecule has 0 saturated carbocycles. The summed E-state index contributed by atoms with van der Waals surface area (Å²) in [7, 11) is 0. The number of nitrogen functional groups attached to an aromatic ring is 2. The molecule has 26 heavy (non-hydrogen) atoms. The van der Waals surface area contributed by atoms with Crippen LogP contribution in [0.3, 0.4) is 0 Å². The molecule has 0 atom stereocenters. The minimum atomic E-state index is -4.96. The summed E-state index contributed by atoms with van der Waals surface area (Å²) in [5.74, 6) is -1.77. The lowest BCUT2D eigenvalue weighted by Crippen LogP contribution is -2.21. The van der Waals surface area contributed by atoms with Crippen LogP contribution in [-0.2, 0) is 6.18 Å². The number of aromatic nitrogens is 2. The summed E-state index contributed by atoms with van der Waals surface area (Å²) in [5, 5.41) is 9.10. The predicted molar refractivity (Wildman–Crippen MR) is 77.6 cm³/mol. The van der Waals surface area contributed by atoms with Gasteiger partial charge in [0.2, 0.25) is 5.95 Å². The van der Waals surface area contributed by atoms with E-state index in [0.29, 0.717) is 12.1 Å². The third-order valence-corrected chi connectivity index (χ3v) is 3.02. The molecule has 2 rings (SSSR count). The van der Waals surface area contributed by atoms with Crippen LogP contribution in [0.25, 0.3) is 11.3 Å². The molecule has 1 heterocycles. The van der Waals surface area contributed by atoms with Gasteiger partial charge in [-0.2, -0.15) is 36.6 Å². The number of ether oxygens (including phenoxy) is 1. The fourth-order valence-electron chi connectivity index (χ4n) is 2.00. The number of nitrogens with two attached hydrogens (primary N) is 2. The monoisotopic (exact) mass is 377 g/mol. The molecule has 0 fully saturated rings. The van der Waals surface area contributed by atoms with E-state index in [1.807, 2.05) is 0 Å². The summed E-state index contributed by atoms with van der Waals surface area (Å²) >= 11 is 0. The molecule has 0 amide bonds. The molecule has 4 N–H and O–H groups in total. The topological polar surface area (TPSA) is 111 Å². The summed E-state index contributed by atoms with van der Waals surface area (Å²) in [6, 6.07) is 3.76. The van der Waals surface area contributed by atoms with Crippen molar-refractivity contribution in [2.75, 3.05) is 18.1 Å². The highest BCUT2D eigenvalue weighted by molar-refractivity contribution is 5.74. The van der Waals surface area contributed by atoms with Gasteiger partial charge >= 0.3 is 12.4 Å². The second-order valence-electron chi connectivity index (χ2n) is 4.92. The number of hydrogen-bond acceptors (Lipinski definition) is 6. The first-order valence-electron chi connectivity index (χ1n) is 6.66. The zero-order valence-electron chi connectivity index (χ0n) is 12.6. The largest absolute Gasteiger partial charge is 0.483 e. The fraction of sp³-hybridized carbons (Fsp3) is 0.214. The van der Waals surface area contributed by atoms with Gasteiger partial charge in [-0.25, -0.2) is 4.98 Å². The Bertz CT molecular complexity index is 872. The number of halogens is 6. The standard InChI is InChI=1S/C14H9F6N5O/c15-13(16,17)5-26-9-3-6(1-2-8(9)14(18,19)20)10-7(4-21)11(22)25-12(23)24-10/h1-3H,5H2,(H4,22,23,24,25). The molecule has 1 aromatic heterocycles. The van der Waals surface area contributed by atoms with Crippen LogP contribution in [0.1, 0.15) is 11.1 Å². The maximum Gasteiger partial charge on any atom is 0.422 e. The first-order chi connectivity index (χ1) is 11.9. The minimum absolute atomic E-state index is 0.146. The number of nitriles is 1. The fourth-order valence-corrected chi connectivity index (χ4v) is 2.00. The Morgan fingerprint density at radius 2 is 1.73 bits per heavy atom. The van der Waals surface area contributed by atoms with Gasteiger partial charge in [-0.1, -0.05) is 6.07 Å². The van der Waals surface area contributed by atoms with Gasteiger partial charge in [0.05, 0.1) is 11.3 Å². The van der Waals surface area contributed by atoms with Crippen molar-refractivity contribution in [1.29, 1.82) is 5.26 Å². The summed E-state index contributed by atoms with van der Waals surface area (Å²) in [6.45, 7) is -1.93. The van der Waals surface area contributed by atoms with Crippen molar-refractivity contribution in [3.05, 3.63) is 29.3 Å². The van der Waals surface area contributed by atoms with E-state index in [1.54, 1.807) is 6.07 Å². The first-order valence-corrected chi connectivity index (χ1v) is 6.66. The molecule has 2 aromatic rings. The second kappa shape index (κ2) is 6.58. The van der Waals surface area contributed by atoms with Crippen molar-refractivity contribution in [3.8, 4) is 23.1 Å². The number of rotatable bonds is 3. The van der Waals surface area contributed by atoms with E-state index < -0.39 is 30.3 Å². The van der Waals surface area contributed by atoms with Crippen molar-refractivity contribution >= 4 is 11.8 Å². The Morgan fingerprint density at radius 1 is 1.08 bits per heavy atom. The first kappa shape index (κ1) is 19.1. The van der Waals surface area contributed by atoms with Gasteiger partial charge < -0.3 is 16.2 Å². The summed E-state index contributed by atoms with van der Waals surface area (Å²) in [6.07, 6.45) is -9.80. The molecule has 0 spiro atoms. The van der Waals surface area contributed by atoms with Crippen LogP contribution in [0.5, 0.6) is 5.75 Å². The number of alkyl halides is 6. The average Bonchev–Trinajstić information content (AvgIpc) is 2.50. The van der Waals surface area contributed by atoms with Crippen LogP contribution in [0, 0.1) is 11.3 Å². The molecule has 0 radical (unpaired) electrons. The number of hydrogen-bond donors (Lipinski definition) is 2. The summed E-state index contributed by atoms with van der Waals surface area (Å²) in [5.41, 5.74) is 8.82. The zero-order valence-corrected chi connectivity index (χ0v) is 12.6. The Morgan fingerprint density at radius 3 is 2.27 bits per heavy atom. The molecular formula is C14H9F6N5O. The second-order valence-corrected chi connectivity index (χ2v) is 4.92. The van der Waals surface area contributed by atoms with Crippen molar-refractivity contribution in [2.24, 2.45) is 0 Å². The van der Waals surface area contributed by atoms with Crippen molar-refractivity contribution < 1.29 is 31.1 Å². The van der Waals surface area contributed by atoms with Crippen LogP contribution in [0.4, 0.5) is 38.1 Å². The molecule has 12 heteroatoms. The highest BCUT2D eigenvalue weighted by atomic mass is 19.4. The average molecular weight is 377 g/mol. The van der Waals surface area contributed by atoms with Crippen molar-refractivity contribution in [3.63, 3.8) is 0 Å². The number of nitrogens with zero attached hydrogens (tertiary/aromatic N) is 3. The SMILES string of the molecule is N#Cc1c(N)nc(N)nc1-c1ccc(C(F)(F)F)c(OCC(F)(F)F)c1. The van der Waals surface area contributed by atoms with E-state index >= 15 is 0 Å². The summed E-state index contributed by atoms with van der Waals surface area (Å²) in [4.78, 5) is 7.26. The van der Waals surface area contributed by atoms with E-state index in [0.717, 1.165) is 6.07 Å². The van der Waals surface area contributed by atoms with Gasteiger partial charge in [0, 0.05) is 5.56 Å². The van der Waals surface area contributed by atoms with Gasteiger partial charge in [-0.05, 0) is 12.1 Å². The van der Waals surface area contributed by atoms with Crippen molar-refractivity contribution in [2.45, 2.75) is 12.4 Å². The van der Waals surface area contributed by atoms with Gasteiger partial charge in [0.15, 0.2) is 6.61 Å². The molecule has 1 aromatic carbocycles. The van der Waals surface area contributed by atoms with Gasteiger partial charge in [0.1, 0.15) is 23.2 Å². The normalized spacial score (nSPS) is 11.9. The molecule has 0 aliphatic carbocycles. The Hall–Kier alpha value is -3.23. The lowest BCUT2D eigenvalue weighted by Gasteiger charge is -2.16. The smallest absolute Gasteiger partial charge is 0.422 e. The Kier molecular flexibility index (Phi) is 4.84. The van der Waals surface area contributed by atoms with Crippen molar-refractivity contribution in [1.82, 2.24) is 9.97 Å². The molecule has 0 bridgehead atoms. The minimum Gasteiger partial charge on any atom is -0.483 e. The molecular weight excluding hydrogens is 368 g/mol. The van der Waals surface area contributed by atoms with Gasteiger partial charge in [-0.3, -0.25) is 0 Å². The molecule has 6 nitrogen and oxygen atoms in total. The van der Waals surface area contributed by atoms with E-state index in [-0.39, 0.29) is 28.6 Å². The van der Waals surface area contributed by atoms with E-state index in [4.69, 9.17) is 16.7 Å². The maximum absolute atomic E-state index is 13.0. The highest BCUT2D eigenvalue weighted by Gasteiger charge is 2.36. The Labute approximate surface area is 142 Å². The van der Waals surface area contributed by atoms with Crippen LogP contribution < -0.4 is 16.2 Å². The van der Waals surface area contributed by atoms with E-state index in [1.165, 1.54) is 0 Å². The predicted octanol–water partition coefficient (Wildman–Crippen LogP) is 3.14. The van der Waals surface area contributed by atoms with Crippen LogP contribution >= 0.6 is 0 Å². The molecule has 0 unspecified atom stereocenters. The third kappa shape index (κ3) is 4.24.